The van der Waals surface area contributed by atoms with Crippen LogP contribution in [0.4, 0.5) is 0 Å². The van der Waals surface area contributed by atoms with Gasteiger partial charge in [-0.2, -0.15) is 0 Å². The third kappa shape index (κ3) is 2.58. The highest BCUT2D eigenvalue weighted by Gasteiger charge is 2.08. The van der Waals surface area contributed by atoms with Crippen LogP contribution in [0.5, 0.6) is 0 Å². The summed E-state index contributed by atoms with van der Waals surface area (Å²) in [5, 5.41) is 8.32. The van der Waals surface area contributed by atoms with E-state index in [1.807, 2.05) is 22.9 Å². The minimum absolute atomic E-state index is 0.941. The van der Waals surface area contributed by atoms with Crippen LogP contribution in [0.2, 0.25) is 0 Å². The molecule has 0 amide bonds. The minimum Gasteiger partial charge on any atom is -0.331 e. The summed E-state index contributed by atoms with van der Waals surface area (Å²) in [7, 11) is 6.62. The minimum atomic E-state index is 0.941. The van der Waals surface area contributed by atoms with Crippen LogP contribution in [0.15, 0.2) is 24.3 Å². The Bertz CT molecular complexity index is 467. The molecule has 86 valence electrons. The highest BCUT2D eigenvalue weighted by molar-refractivity contribution is 5.73. The van der Waals surface area contributed by atoms with E-state index in [-0.39, 0.29) is 0 Å². The molecule has 0 spiro atoms. The zero-order valence-corrected chi connectivity index (χ0v) is 10.2. The lowest BCUT2D eigenvalue weighted by atomic mass is 10.3. The summed E-state index contributed by atoms with van der Waals surface area (Å²) in [6.45, 7) is 2.09. The van der Waals surface area contributed by atoms with Gasteiger partial charge in [-0.15, -0.1) is 5.10 Å². The van der Waals surface area contributed by atoms with Gasteiger partial charge in [-0.05, 0) is 12.1 Å². The fourth-order valence-corrected chi connectivity index (χ4v) is 1.78. The van der Waals surface area contributed by atoms with Crippen molar-refractivity contribution in [3.8, 4) is 0 Å². The number of aryl methyl sites for hydroxylation is 1. The van der Waals surface area contributed by atoms with Gasteiger partial charge >= 0.3 is 0 Å². The normalized spacial score (nSPS) is 12.2. The molecular formula is C12H19N4+. The van der Waals surface area contributed by atoms with Crippen molar-refractivity contribution in [3.05, 3.63) is 24.3 Å². The number of benzene rings is 1. The number of quaternary nitrogens is 1. The molecule has 0 unspecified atom stereocenters. The predicted octanol–water partition coefficient (Wildman–Crippen LogP) is 1.53. The fraction of sp³-hybridized carbons (Fsp3) is 0.500. The molecule has 0 bridgehead atoms. The summed E-state index contributed by atoms with van der Waals surface area (Å²) in [5.41, 5.74) is 2.11. The van der Waals surface area contributed by atoms with Crippen LogP contribution >= 0.6 is 0 Å². The molecule has 16 heavy (non-hydrogen) atoms. The Labute approximate surface area is 96.1 Å². The maximum atomic E-state index is 4.17. The van der Waals surface area contributed by atoms with Crippen LogP contribution in [-0.4, -0.2) is 47.2 Å². The van der Waals surface area contributed by atoms with Crippen LogP contribution in [0.25, 0.3) is 11.0 Å². The first kappa shape index (κ1) is 11.1. The van der Waals surface area contributed by atoms with Crippen molar-refractivity contribution in [1.82, 2.24) is 15.0 Å². The number of fused-ring (bicyclic) bond motifs is 1. The Morgan fingerprint density at radius 3 is 2.69 bits per heavy atom. The van der Waals surface area contributed by atoms with E-state index < -0.39 is 0 Å². The van der Waals surface area contributed by atoms with Gasteiger partial charge in [0.15, 0.2) is 0 Å². The molecule has 0 saturated heterocycles. The highest BCUT2D eigenvalue weighted by atomic mass is 15.4. The Kier molecular flexibility index (Phi) is 2.92. The summed E-state index contributed by atoms with van der Waals surface area (Å²) < 4.78 is 2.98. The molecule has 0 N–H and O–H groups in total. The van der Waals surface area contributed by atoms with E-state index in [0.717, 1.165) is 35.0 Å². The molecule has 0 radical (unpaired) electrons. The number of aromatic nitrogens is 3. The van der Waals surface area contributed by atoms with Gasteiger partial charge in [0.25, 0.3) is 0 Å². The third-order valence-electron chi connectivity index (χ3n) is 2.62. The van der Waals surface area contributed by atoms with Gasteiger partial charge in [0, 0.05) is 13.0 Å². The molecule has 1 heterocycles. The fourth-order valence-electron chi connectivity index (χ4n) is 1.78. The van der Waals surface area contributed by atoms with E-state index in [1.165, 1.54) is 0 Å². The van der Waals surface area contributed by atoms with Crippen molar-refractivity contribution in [2.24, 2.45) is 0 Å². The van der Waals surface area contributed by atoms with Gasteiger partial charge in [0.05, 0.1) is 33.2 Å². The van der Waals surface area contributed by atoms with Crippen LogP contribution < -0.4 is 0 Å². The predicted molar refractivity (Wildman–Crippen MR) is 65.0 cm³/mol. The molecule has 1 aromatic heterocycles. The molecule has 0 aliphatic heterocycles. The number of hydrogen-bond acceptors (Lipinski definition) is 2. The maximum Gasteiger partial charge on any atom is 0.113 e. The van der Waals surface area contributed by atoms with Crippen LogP contribution in [0.1, 0.15) is 6.42 Å². The van der Waals surface area contributed by atoms with E-state index >= 15 is 0 Å². The molecule has 1 aromatic carbocycles. The standard InChI is InChI=1S/C12H19N4/c1-16(2,3)10-6-9-15-12-8-5-4-7-11(12)13-14-15/h4-5,7-8H,6,9-10H2,1-3H3/q+1. The molecule has 0 saturated carbocycles. The quantitative estimate of drug-likeness (QED) is 0.730. The Balaban J connectivity index is 2.05. The SMILES string of the molecule is C[N+](C)(C)CCCn1nnc2ccccc21. The van der Waals surface area contributed by atoms with E-state index in [2.05, 4.69) is 37.5 Å². The average molecular weight is 219 g/mol. The average Bonchev–Trinajstić information content (AvgIpc) is 2.60. The third-order valence-corrected chi connectivity index (χ3v) is 2.62. The summed E-state index contributed by atoms with van der Waals surface area (Å²) in [5.74, 6) is 0. The lowest BCUT2D eigenvalue weighted by Gasteiger charge is -2.23. The van der Waals surface area contributed by atoms with Gasteiger partial charge in [-0.25, -0.2) is 4.68 Å². The van der Waals surface area contributed by atoms with Gasteiger partial charge in [0.1, 0.15) is 5.52 Å². The zero-order chi connectivity index (χ0) is 11.6. The highest BCUT2D eigenvalue weighted by Crippen LogP contribution is 2.10. The van der Waals surface area contributed by atoms with Gasteiger partial charge in [0.2, 0.25) is 0 Å². The molecule has 4 heteroatoms. The van der Waals surface area contributed by atoms with E-state index in [4.69, 9.17) is 0 Å². The Morgan fingerprint density at radius 1 is 1.19 bits per heavy atom. The van der Waals surface area contributed by atoms with Crippen LogP contribution in [-0.2, 0) is 6.54 Å². The topological polar surface area (TPSA) is 30.7 Å². The van der Waals surface area contributed by atoms with Crippen molar-refractivity contribution in [2.45, 2.75) is 13.0 Å². The molecular weight excluding hydrogens is 200 g/mol. The summed E-state index contributed by atoms with van der Waals surface area (Å²) in [4.78, 5) is 0. The Hall–Kier alpha value is -1.42. The molecule has 0 aliphatic rings. The van der Waals surface area contributed by atoms with Gasteiger partial charge in [-0.3, -0.25) is 0 Å². The second-order valence-electron chi connectivity index (χ2n) is 5.17. The van der Waals surface area contributed by atoms with Crippen LogP contribution in [0, 0.1) is 0 Å². The van der Waals surface area contributed by atoms with Crippen molar-refractivity contribution in [3.63, 3.8) is 0 Å². The molecule has 0 atom stereocenters. The smallest absolute Gasteiger partial charge is 0.113 e. The molecule has 0 fully saturated rings. The number of rotatable bonds is 4. The first-order valence-corrected chi connectivity index (χ1v) is 5.65. The first-order chi connectivity index (χ1) is 7.56. The molecule has 0 aliphatic carbocycles. The summed E-state index contributed by atoms with van der Waals surface area (Å²) >= 11 is 0. The molecule has 4 nitrogen and oxygen atoms in total. The monoisotopic (exact) mass is 219 g/mol. The van der Waals surface area contributed by atoms with Gasteiger partial charge in [-0.1, -0.05) is 17.3 Å². The second-order valence-corrected chi connectivity index (χ2v) is 5.17. The van der Waals surface area contributed by atoms with Crippen molar-refractivity contribution < 1.29 is 4.48 Å². The Morgan fingerprint density at radius 2 is 1.94 bits per heavy atom. The summed E-state index contributed by atoms with van der Waals surface area (Å²) in [6, 6.07) is 8.09. The lowest BCUT2D eigenvalue weighted by Crippen LogP contribution is -2.35. The van der Waals surface area contributed by atoms with E-state index in [0.29, 0.717) is 0 Å². The first-order valence-electron chi connectivity index (χ1n) is 5.65. The maximum absolute atomic E-state index is 4.17. The van der Waals surface area contributed by atoms with Gasteiger partial charge < -0.3 is 4.48 Å². The van der Waals surface area contributed by atoms with Crippen molar-refractivity contribution in [2.75, 3.05) is 27.7 Å². The van der Waals surface area contributed by atoms with Crippen molar-refractivity contribution >= 4 is 11.0 Å². The van der Waals surface area contributed by atoms with Crippen LogP contribution in [0.3, 0.4) is 0 Å². The van der Waals surface area contributed by atoms with E-state index in [9.17, 15) is 0 Å². The number of para-hydroxylation sites is 1. The van der Waals surface area contributed by atoms with Crippen molar-refractivity contribution in [1.29, 1.82) is 0 Å². The number of hydrogen-bond donors (Lipinski definition) is 0. The molecule has 2 rings (SSSR count). The lowest BCUT2D eigenvalue weighted by molar-refractivity contribution is -0.870. The second kappa shape index (κ2) is 4.22. The van der Waals surface area contributed by atoms with E-state index in [1.54, 1.807) is 0 Å². The number of nitrogens with zero attached hydrogens (tertiary/aromatic N) is 4. The zero-order valence-electron chi connectivity index (χ0n) is 10.2. The largest absolute Gasteiger partial charge is 0.331 e. The molecule has 2 aromatic rings. The summed E-state index contributed by atoms with van der Waals surface area (Å²) in [6.07, 6.45) is 1.12.